The molecular formula is C16H16FNOS. The normalized spacial score (nSPS) is 10.6. The van der Waals surface area contributed by atoms with Gasteiger partial charge in [-0.15, -0.1) is 0 Å². The molecule has 0 aliphatic carbocycles. The first kappa shape index (κ1) is 14.5. The van der Waals surface area contributed by atoms with E-state index in [0.717, 1.165) is 0 Å². The van der Waals surface area contributed by atoms with E-state index in [2.05, 4.69) is 13.8 Å². The van der Waals surface area contributed by atoms with E-state index < -0.39 is 5.82 Å². The average Bonchev–Trinajstić information content (AvgIpc) is 2.41. The second kappa shape index (κ2) is 6.01. The van der Waals surface area contributed by atoms with E-state index in [4.69, 9.17) is 22.7 Å². The van der Waals surface area contributed by atoms with Crippen molar-refractivity contribution >= 4 is 17.2 Å². The Balaban J connectivity index is 2.28. The SMILES string of the molecule is CC(C)c1ccc(Oc2ccc(F)cc2C(N)=S)cc1. The summed E-state index contributed by atoms with van der Waals surface area (Å²) in [5.74, 6) is 1.19. The van der Waals surface area contributed by atoms with Gasteiger partial charge in [0.05, 0.1) is 5.56 Å². The van der Waals surface area contributed by atoms with Crippen molar-refractivity contribution in [2.75, 3.05) is 0 Å². The molecule has 2 rings (SSSR count). The van der Waals surface area contributed by atoms with Crippen LogP contribution in [0.25, 0.3) is 0 Å². The maximum Gasteiger partial charge on any atom is 0.137 e. The van der Waals surface area contributed by atoms with Crippen LogP contribution in [0.1, 0.15) is 30.9 Å². The monoisotopic (exact) mass is 289 g/mol. The third-order valence-electron chi connectivity index (χ3n) is 2.98. The molecular weight excluding hydrogens is 273 g/mol. The first-order valence-corrected chi connectivity index (χ1v) is 6.75. The van der Waals surface area contributed by atoms with Crippen molar-refractivity contribution < 1.29 is 9.13 Å². The molecule has 104 valence electrons. The van der Waals surface area contributed by atoms with Crippen LogP contribution in [0.4, 0.5) is 4.39 Å². The Hall–Kier alpha value is -1.94. The maximum atomic E-state index is 13.2. The van der Waals surface area contributed by atoms with Crippen LogP contribution in [-0.2, 0) is 0 Å². The predicted molar refractivity (Wildman–Crippen MR) is 82.9 cm³/mol. The smallest absolute Gasteiger partial charge is 0.137 e. The fraction of sp³-hybridized carbons (Fsp3) is 0.188. The van der Waals surface area contributed by atoms with Crippen molar-refractivity contribution in [3.05, 3.63) is 59.4 Å². The van der Waals surface area contributed by atoms with Crippen LogP contribution in [0, 0.1) is 5.82 Å². The molecule has 0 spiro atoms. The molecule has 20 heavy (non-hydrogen) atoms. The first-order chi connectivity index (χ1) is 9.47. The molecule has 0 heterocycles. The lowest BCUT2D eigenvalue weighted by molar-refractivity contribution is 0.479. The molecule has 0 saturated heterocycles. The summed E-state index contributed by atoms with van der Waals surface area (Å²) in [7, 11) is 0. The fourth-order valence-corrected chi connectivity index (χ4v) is 1.99. The Labute approximate surface area is 123 Å². The summed E-state index contributed by atoms with van der Waals surface area (Å²) in [6.07, 6.45) is 0. The highest BCUT2D eigenvalue weighted by Gasteiger charge is 2.09. The molecule has 0 radical (unpaired) electrons. The van der Waals surface area contributed by atoms with E-state index >= 15 is 0 Å². The molecule has 0 amide bonds. The largest absolute Gasteiger partial charge is 0.457 e. The van der Waals surface area contributed by atoms with Crippen LogP contribution < -0.4 is 10.5 Å². The summed E-state index contributed by atoms with van der Waals surface area (Å²) >= 11 is 4.91. The summed E-state index contributed by atoms with van der Waals surface area (Å²) in [5.41, 5.74) is 7.21. The van der Waals surface area contributed by atoms with Crippen molar-refractivity contribution in [2.24, 2.45) is 5.73 Å². The van der Waals surface area contributed by atoms with Crippen molar-refractivity contribution in [3.8, 4) is 11.5 Å². The molecule has 0 bridgehead atoms. The van der Waals surface area contributed by atoms with E-state index in [1.54, 1.807) is 0 Å². The van der Waals surface area contributed by atoms with Crippen molar-refractivity contribution in [1.82, 2.24) is 0 Å². The highest BCUT2D eigenvalue weighted by Crippen LogP contribution is 2.27. The molecule has 0 saturated carbocycles. The number of thiocarbonyl (C=S) groups is 1. The standard InChI is InChI=1S/C16H16FNOS/c1-10(2)11-3-6-13(7-4-11)19-15-8-5-12(17)9-14(15)16(18)20/h3-10H,1-2H3,(H2,18,20). The number of hydrogen-bond donors (Lipinski definition) is 1. The minimum absolute atomic E-state index is 0.110. The number of benzene rings is 2. The average molecular weight is 289 g/mol. The van der Waals surface area contributed by atoms with E-state index in [9.17, 15) is 4.39 Å². The van der Waals surface area contributed by atoms with Gasteiger partial charge in [0, 0.05) is 0 Å². The zero-order valence-corrected chi connectivity index (χ0v) is 12.2. The van der Waals surface area contributed by atoms with Gasteiger partial charge < -0.3 is 10.5 Å². The van der Waals surface area contributed by atoms with Crippen LogP contribution in [0.5, 0.6) is 11.5 Å². The van der Waals surface area contributed by atoms with Gasteiger partial charge in [0.25, 0.3) is 0 Å². The summed E-state index contributed by atoms with van der Waals surface area (Å²) < 4.78 is 18.9. The Morgan fingerprint density at radius 1 is 1.15 bits per heavy atom. The third-order valence-corrected chi connectivity index (χ3v) is 3.20. The van der Waals surface area contributed by atoms with Gasteiger partial charge >= 0.3 is 0 Å². The fourth-order valence-electron chi connectivity index (χ4n) is 1.83. The minimum Gasteiger partial charge on any atom is -0.457 e. The quantitative estimate of drug-likeness (QED) is 0.849. The van der Waals surface area contributed by atoms with Crippen LogP contribution in [0.3, 0.4) is 0 Å². The maximum absolute atomic E-state index is 13.2. The lowest BCUT2D eigenvalue weighted by Gasteiger charge is -2.11. The van der Waals surface area contributed by atoms with E-state index in [0.29, 0.717) is 23.0 Å². The summed E-state index contributed by atoms with van der Waals surface area (Å²) in [6.45, 7) is 4.25. The predicted octanol–water partition coefficient (Wildman–Crippen LogP) is 4.38. The molecule has 2 nitrogen and oxygen atoms in total. The van der Waals surface area contributed by atoms with Crippen LogP contribution in [-0.4, -0.2) is 4.99 Å². The molecule has 0 aromatic heterocycles. The zero-order valence-electron chi connectivity index (χ0n) is 11.4. The third kappa shape index (κ3) is 3.33. The van der Waals surface area contributed by atoms with E-state index in [1.165, 1.54) is 23.8 Å². The lowest BCUT2D eigenvalue weighted by atomic mass is 10.0. The van der Waals surface area contributed by atoms with Gasteiger partial charge in [-0.25, -0.2) is 4.39 Å². The van der Waals surface area contributed by atoms with Gasteiger partial charge in [-0.05, 0) is 41.8 Å². The van der Waals surface area contributed by atoms with Crippen molar-refractivity contribution in [1.29, 1.82) is 0 Å². The molecule has 0 aliphatic heterocycles. The summed E-state index contributed by atoms with van der Waals surface area (Å²) in [6, 6.07) is 11.9. The Morgan fingerprint density at radius 3 is 2.35 bits per heavy atom. The summed E-state index contributed by atoms with van der Waals surface area (Å²) in [4.78, 5) is 0.110. The van der Waals surface area contributed by atoms with Crippen LogP contribution >= 0.6 is 12.2 Å². The van der Waals surface area contributed by atoms with Crippen molar-refractivity contribution in [2.45, 2.75) is 19.8 Å². The molecule has 0 aliphatic rings. The Kier molecular flexibility index (Phi) is 4.35. The van der Waals surface area contributed by atoms with Gasteiger partial charge in [-0.3, -0.25) is 0 Å². The number of hydrogen-bond acceptors (Lipinski definition) is 2. The molecule has 2 aromatic rings. The number of nitrogens with two attached hydrogens (primary N) is 1. The lowest BCUT2D eigenvalue weighted by Crippen LogP contribution is -2.11. The van der Waals surface area contributed by atoms with Gasteiger partial charge in [-0.2, -0.15) is 0 Å². The molecule has 0 atom stereocenters. The first-order valence-electron chi connectivity index (χ1n) is 6.34. The van der Waals surface area contributed by atoms with Crippen LogP contribution in [0.15, 0.2) is 42.5 Å². The van der Waals surface area contributed by atoms with Crippen molar-refractivity contribution in [3.63, 3.8) is 0 Å². The highest BCUT2D eigenvalue weighted by molar-refractivity contribution is 7.80. The van der Waals surface area contributed by atoms with Crippen LogP contribution in [0.2, 0.25) is 0 Å². The zero-order chi connectivity index (χ0) is 14.7. The highest BCUT2D eigenvalue weighted by atomic mass is 32.1. The molecule has 2 aromatic carbocycles. The number of rotatable bonds is 4. The molecule has 4 heteroatoms. The topological polar surface area (TPSA) is 35.2 Å². The molecule has 2 N–H and O–H groups in total. The van der Waals surface area contributed by atoms with Gasteiger partial charge in [0.1, 0.15) is 22.3 Å². The molecule has 0 unspecified atom stereocenters. The number of ether oxygens (including phenoxy) is 1. The molecule has 0 fully saturated rings. The van der Waals surface area contributed by atoms with E-state index in [-0.39, 0.29) is 4.99 Å². The Bertz CT molecular complexity index is 623. The second-order valence-corrected chi connectivity index (χ2v) is 5.27. The van der Waals surface area contributed by atoms with Gasteiger partial charge in [0.2, 0.25) is 0 Å². The van der Waals surface area contributed by atoms with E-state index in [1.807, 2.05) is 24.3 Å². The Morgan fingerprint density at radius 2 is 1.80 bits per heavy atom. The summed E-state index contributed by atoms with van der Waals surface area (Å²) in [5, 5.41) is 0. The second-order valence-electron chi connectivity index (χ2n) is 4.83. The van der Waals surface area contributed by atoms with Gasteiger partial charge in [0.15, 0.2) is 0 Å². The van der Waals surface area contributed by atoms with Gasteiger partial charge in [-0.1, -0.05) is 38.2 Å². The minimum atomic E-state index is -0.393. The number of halogens is 1.